The summed E-state index contributed by atoms with van der Waals surface area (Å²) in [5.41, 5.74) is -2.87. The summed E-state index contributed by atoms with van der Waals surface area (Å²) in [5, 5.41) is 6.27. The molecule has 38 heavy (non-hydrogen) atoms. The molecule has 202 valence electrons. The zero-order valence-electron chi connectivity index (χ0n) is 20.1. The van der Waals surface area contributed by atoms with Gasteiger partial charge >= 0.3 is 18.2 Å². The minimum Gasteiger partial charge on any atom is -0.474 e. The maximum Gasteiger partial charge on any atom is 0.401 e. The van der Waals surface area contributed by atoms with Gasteiger partial charge in [-0.1, -0.05) is 23.2 Å². The number of halogens is 5. The molecule has 0 unspecified atom stereocenters. The van der Waals surface area contributed by atoms with Gasteiger partial charge in [-0.2, -0.15) is 23.3 Å². The Balaban J connectivity index is 1.51. The maximum atomic E-state index is 14.3. The number of methoxy groups -OCH3 is 1. The zero-order valence-corrected chi connectivity index (χ0v) is 21.6. The lowest BCUT2D eigenvalue weighted by Crippen LogP contribution is -2.46. The van der Waals surface area contributed by atoms with E-state index in [9.17, 15) is 22.8 Å². The lowest BCUT2D eigenvalue weighted by Gasteiger charge is -2.28. The molecule has 0 spiro atoms. The summed E-state index contributed by atoms with van der Waals surface area (Å²) in [5.74, 6) is -1.04. The average Bonchev–Trinajstić information content (AvgIpc) is 3.55. The van der Waals surface area contributed by atoms with Crippen LogP contribution in [0.3, 0.4) is 0 Å². The van der Waals surface area contributed by atoms with E-state index in [1.807, 2.05) is 0 Å². The van der Waals surface area contributed by atoms with Crippen molar-refractivity contribution in [2.45, 2.75) is 50.3 Å². The molecule has 1 saturated carbocycles. The van der Waals surface area contributed by atoms with E-state index in [1.54, 1.807) is 0 Å². The number of alkyl halides is 3. The van der Waals surface area contributed by atoms with Gasteiger partial charge < -0.3 is 9.47 Å². The molecule has 3 aromatic heterocycles. The van der Waals surface area contributed by atoms with Crippen molar-refractivity contribution in [3.8, 4) is 5.88 Å². The van der Waals surface area contributed by atoms with Crippen LogP contribution in [0.4, 0.5) is 29.5 Å². The predicted octanol–water partition coefficient (Wildman–Crippen LogP) is 5.41. The Labute approximate surface area is 224 Å². The van der Waals surface area contributed by atoms with Gasteiger partial charge in [0.25, 0.3) is 0 Å². The van der Waals surface area contributed by atoms with Gasteiger partial charge in [0.15, 0.2) is 10.8 Å². The Hall–Kier alpha value is -3.32. The molecule has 1 aliphatic heterocycles. The number of fused-ring (bicyclic) bond motifs is 3. The number of hydrogen-bond donors (Lipinski definition) is 1. The van der Waals surface area contributed by atoms with Crippen molar-refractivity contribution in [1.82, 2.24) is 19.6 Å². The van der Waals surface area contributed by atoms with Crippen LogP contribution < -0.4 is 15.0 Å². The number of anilines is 2. The van der Waals surface area contributed by atoms with Crippen molar-refractivity contribution < 1.29 is 32.2 Å². The van der Waals surface area contributed by atoms with Crippen LogP contribution in [-0.2, 0) is 10.2 Å². The fourth-order valence-electron chi connectivity index (χ4n) is 4.76. The molecule has 1 fully saturated rings. The van der Waals surface area contributed by atoms with Gasteiger partial charge in [-0.05, 0) is 32.6 Å². The summed E-state index contributed by atoms with van der Waals surface area (Å²) < 4.78 is 54.7. The van der Waals surface area contributed by atoms with Crippen LogP contribution in [0, 0.1) is 0 Å². The Kier molecular flexibility index (Phi) is 6.54. The van der Waals surface area contributed by atoms with Crippen molar-refractivity contribution in [3.63, 3.8) is 0 Å². The van der Waals surface area contributed by atoms with Crippen molar-refractivity contribution in [3.05, 3.63) is 39.8 Å². The molecule has 5 rings (SSSR count). The van der Waals surface area contributed by atoms with Crippen molar-refractivity contribution in [1.29, 1.82) is 0 Å². The average molecular weight is 573 g/mol. The van der Waals surface area contributed by atoms with E-state index < -0.39 is 30.1 Å². The molecule has 0 radical (unpaired) electrons. The fourth-order valence-corrected chi connectivity index (χ4v) is 5.20. The number of rotatable bonds is 4. The van der Waals surface area contributed by atoms with Gasteiger partial charge in [0.1, 0.15) is 22.9 Å². The van der Waals surface area contributed by atoms with E-state index in [-0.39, 0.29) is 50.6 Å². The molecule has 2 aliphatic rings. The third-order valence-electron chi connectivity index (χ3n) is 6.74. The fraction of sp³-hybridized carbons (Fsp3) is 0.435. The molecule has 1 atom stereocenters. The van der Waals surface area contributed by atoms with Crippen LogP contribution >= 0.6 is 23.2 Å². The first-order valence-electron chi connectivity index (χ1n) is 11.6. The molecule has 10 nitrogen and oxygen atoms in total. The summed E-state index contributed by atoms with van der Waals surface area (Å²) in [6.45, 7) is 0.220. The summed E-state index contributed by atoms with van der Waals surface area (Å²) >= 11 is 12.2. The van der Waals surface area contributed by atoms with Crippen molar-refractivity contribution in [2.75, 3.05) is 23.9 Å². The Morgan fingerprint density at radius 2 is 1.92 bits per heavy atom. The number of hydrogen-bond acceptors (Lipinski definition) is 7. The number of aromatic nitrogens is 4. The number of carbonyl (C=O) groups excluding carboxylic acids is 2. The minimum atomic E-state index is -4.74. The van der Waals surface area contributed by atoms with E-state index in [0.717, 1.165) is 48.2 Å². The van der Waals surface area contributed by atoms with E-state index in [1.165, 1.54) is 19.2 Å². The molecular formula is C23H21Cl2F3N6O4. The number of esters is 1. The first kappa shape index (κ1) is 26.3. The predicted molar refractivity (Wildman–Crippen MR) is 131 cm³/mol. The van der Waals surface area contributed by atoms with Gasteiger partial charge in [0.05, 0.1) is 29.7 Å². The highest BCUT2D eigenvalue weighted by atomic mass is 35.5. The second-order valence-corrected chi connectivity index (χ2v) is 10.1. The van der Waals surface area contributed by atoms with Gasteiger partial charge in [-0.15, -0.1) is 0 Å². The summed E-state index contributed by atoms with van der Waals surface area (Å²) in [7, 11) is 1.17. The third kappa shape index (κ3) is 4.37. The Bertz CT molecular complexity index is 1440. The molecule has 0 saturated heterocycles. The number of nitrogens with one attached hydrogen (secondary N) is 1. The highest BCUT2D eigenvalue weighted by Gasteiger charge is 2.60. The standard InChI is InChI=1S/C23H21Cl2F3N6O4/c1-22(23(26,27)28)10-33(13-9-29-16-8-14(25)32-34(16)18(13)22)21(36)31-15-7-12(24)17(20(35)37-2)19(30-15)38-11-5-3-4-6-11/h7-9,11H,3-6,10H2,1-2H3,(H,30,31,36)/t22-/m1/s1. The molecule has 0 bridgehead atoms. The van der Waals surface area contributed by atoms with Crippen molar-refractivity contribution >= 4 is 52.4 Å². The second kappa shape index (κ2) is 9.45. The lowest BCUT2D eigenvalue weighted by atomic mass is 9.88. The molecule has 0 aromatic carbocycles. The first-order chi connectivity index (χ1) is 17.9. The Morgan fingerprint density at radius 1 is 1.21 bits per heavy atom. The molecule has 2 amide bonds. The van der Waals surface area contributed by atoms with Crippen LogP contribution in [0.25, 0.3) is 5.65 Å². The van der Waals surface area contributed by atoms with Gasteiger partial charge in [0, 0.05) is 18.7 Å². The summed E-state index contributed by atoms with van der Waals surface area (Å²) in [6.07, 6.45) is -0.411. The number of carbonyl (C=O) groups is 2. The monoisotopic (exact) mass is 572 g/mol. The van der Waals surface area contributed by atoms with E-state index in [2.05, 4.69) is 20.4 Å². The third-order valence-corrected chi connectivity index (χ3v) is 7.22. The van der Waals surface area contributed by atoms with Crippen molar-refractivity contribution in [2.24, 2.45) is 0 Å². The number of amides is 2. The molecule has 1 N–H and O–H groups in total. The number of nitrogens with zero attached hydrogens (tertiary/aromatic N) is 5. The maximum absolute atomic E-state index is 14.3. The van der Waals surface area contributed by atoms with Crippen LogP contribution in [0.2, 0.25) is 10.2 Å². The number of ether oxygens (including phenoxy) is 2. The molecule has 3 aromatic rings. The second-order valence-electron chi connectivity index (χ2n) is 9.26. The quantitative estimate of drug-likeness (QED) is 0.416. The summed E-state index contributed by atoms with van der Waals surface area (Å²) in [4.78, 5) is 34.9. The Morgan fingerprint density at radius 3 is 2.58 bits per heavy atom. The number of pyridine rings is 1. The normalized spacial score (nSPS) is 19.6. The number of urea groups is 1. The largest absolute Gasteiger partial charge is 0.474 e. The molecule has 4 heterocycles. The smallest absolute Gasteiger partial charge is 0.401 e. The summed E-state index contributed by atoms with van der Waals surface area (Å²) in [6, 6.07) is 1.59. The van der Waals surface area contributed by atoms with E-state index in [0.29, 0.717) is 0 Å². The van der Waals surface area contributed by atoms with E-state index in [4.69, 9.17) is 32.7 Å². The first-order valence-corrected chi connectivity index (χ1v) is 12.3. The zero-order chi connectivity index (χ0) is 27.4. The minimum absolute atomic E-state index is 0.0438. The van der Waals surface area contributed by atoms with E-state index >= 15 is 0 Å². The highest BCUT2D eigenvalue weighted by molar-refractivity contribution is 6.34. The van der Waals surface area contributed by atoms with Crippen LogP contribution in [0.5, 0.6) is 5.88 Å². The van der Waals surface area contributed by atoms with Crippen LogP contribution in [0.1, 0.15) is 48.7 Å². The molecule has 1 aliphatic carbocycles. The van der Waals surface area contributed by atoms with Gasteiger partial charge in [-0.3, -0.25) is 10.2 Å². The molecule has 15 heteroatoms. The van der Waals surface area contributed by atoms with Crippen LogP contribution in [-0.4, -0.2) is 57.5 Å². The lowest BCUT2D eigenvalue weighted by molar-refractivity contribution is -0.181. The van der Waals surface area contributed by atoms with Gasteiger partial charge in [0.2, 0.25) is 5.88 Å². The highest BCUT2D eigenvalue weighted by Crippen LogP contribution is 2.50. The van der Waals surface area contributed by atoms with Crippen LogP contribution in [0.15, 0.2) is 18.3 Å². The SMILES string of the molecule is COC(=O)c1c(Cl)cc(NC(=O)N2C[C@@](C)(C(F)(F)F)c3c2cnc2cc(Cl)nn32)nc1OC1CCCC1. The topological polar surface area (TPSA) is 111 Å². The van der Waals surface area contributed by atoms with Gasteiger partial charge in [-0.25, -0.2) is 19.1 Å². The molecular weight excluding hydrogens is 552 g/mol.